The Kier molecular flexibility index (Phi) is 3.27. The number of rotatable bonds is 2. The van der Waals surface area contributed by atoms with E-state index in [2.05, 4.69) is 24.0 Å². The Morgan fingerprint density at radius 3 is 2.93 bits per heavy atom. The van der Waals surface area contributed by atoms with E-state index in [1.165, 1.54) is 31.5 Å². The first-order valence-electron chi connectivity index (χ1n) is 5.81. The minimum absolute atomic E-state index is 0.837. The minimum Gasteiger partial charge on any atom is -0.398 e. The van der Waals surface area contributed by atoms with Gasteiger partial charge in [0.1, 0.15) is 0 Å². The predicted octanol–water partition coefficient (Wildman–Crippen LogP) is 2.50. The van der Waals surface area contributed by atoms with Crippen LogP contribution in [0.4, 0.5) is 5.69 Å². The molecule has 1 heterocycles. The Balaban J connectivity index is 1.99. The van der Waals surface area contributed by atoms with Gasteiger partial charge in [0.05, 0.1) is 0 Å². The molecule has 1 aromatic rings. The molecule has 0 aliphatic carbocycles. The van der Waals surface area contributed by atoms with Crippen LogP contribution in [0.5, 0.6) is 0 Å². The number of nitrogens with two attached hydrogens (primary N) is 1. The number of anilines is 1. The standard InChI is InChI=1S/C13H20N2/c1-11-5-4-8-15(9-11)10-12-6-2-3-7-13(12)14/h2-3,6-7,11H,4-5,8-10,14H2,1H3. The first-order chi connectivity index (χ1) is 7.25. The highest BCUT2D eigenvalue weighted by molar-refractivity contribution is 5.46. The van der Waals surface area contributed by atoms with E-state index in [0.29, 0.717) is 0 Å². The highest BCUT2D eigenvalue weighted by Crippen LogP contribution is 2.19. The molecular weight excluding hydrogens is 184 g/mol. The lowest BCUT2D eigenvalue weighted by molar-refractivity contribution is 0.177. The van der Waals surface area contributed by atoms with E-state index in [9.17, 15) is 0 Å². The van der Waals surface area contributed by atoms with Crippen molar-refractivity contribution in [2.75, 3.05) is 18.8 Å². The molecule has 1 aliphatic heterocycles. The fraction of sp³-hybridized carbons (Fsp3) is 0.538. The van der Waals surface area contributed by atoms with Crippen LogP contribution in [0.25, 0.3) is 0 Å². The third-order valence-corrected chi connectivity index (χ3v) is 3.19. The van der Waals surface area contributed by atoms with Gasteiger partial charge in [0, 0.05) is 18.8 Å². The number of piperidine rings is 1. The van der Waals surface area contributed by atoms with Crippen LogP contribution in [0.2, 0.25) is 0 Å². The van der Waals surface area contributed by atoms with Gasteiger partial charge in [-0.05, 0) is 36.9 Å². The van der Waals surface area contributed by atoms with Crippen molar-refractivity contribution in [3.8, 4) is 0 Å². The van der Waals surface area contributed by atoms with E-state index in [1.807, 2.05) is 12.1 Å². The fourth-order valence-electron chi connectivity index (χ4n) is 2.35. The van der Waals surface area contributed by atoms with Crippen LogP contribution in [0.15, 0.2) is 24.3 Å². The molecule has 15 heavy (non-hydrogen) atoms. The van der Waals surface area contributed by atoms with Gasteiger partial charge in [-0.15, -0.1) is 0 Å². The molecule has 0 amide bonds. The van der Waals surface area contributed by atoms with Crippen LogP contribution in [0, 0.1) is 5.92 Å². The van der Waals surface area contributed by atoms with Gasteiger partial charge >= 0.3 is 0 Å². The average molecular weight is 204 g/mol. The van der Waals surface area contributed by atoms with Crippen LogP contribution in [0.1, 0.15) is 25.3 Å². The largest absolute Gasteiger partial charge is 0.398 e. The second-order valence-electron chi connectivity index (χ2n) is 4.68. The fourth-order valence-corrected chi connectivity index (χ4v) is 2.35. The molecule has 0 saturated carbocycles. The zero-order valence-electron chi connectivity index (χ0n) is 9.45. The van der Waals surface area contributed by atoms with E-state index in [-0.39, 0.29) is 0 Å². The molecule has 1 aliphatic rings. The van der Waals surface area contributed by atoms with Crippen LogP contribution in [-0.4, -0.2) is 18.0 Å². The lowest BCUT2D eigenvalue weighted by atomic mass is 9.99. The van der Waals surface area contributed by atoms with Gasteiger partial charge in [-0.1, -0.05) is 25.1 Å². The lowest BCUT2D eigenvalue weighted by Crippen LogP contribution is -2.33. The summed E-state index contributed by atoms with van der Waals surface area (Å²) in [7, 11) is 0. The van der Waals surface area contributed by atoms with Gasteiger partial charge in [0.15, 0.2) is 0 Å². The van der Waals surface area contributed by atoms with Crippen molar-refractivity contribution in [3.63, 3.8) is 0 Å². The maximum Gasteiger partial charge on any atom is 0.0359 e. The highest BCUT2D eigenvalue weighted by Gasteiger charge is 2.16. The van der Waals surface area contributed by atoms with Crippen molar-refractivity contribution in [2.24, 2.45) is 5.92 Å². The van der Waals surface area contributed by atoms with Crippen LogP contribution in [0.3, 0.4) is 0 Å². The van der Waals surface area contributed by atoms with Crippen LogP contribution >= 0.6 is 0 Å². The lowest BCUT2D eigenvalue weighted by Gasteiger charge is -2.31. The zero-order chi connectivity index (χ0) is 10.7. The normalized spacial score (nSPS) is 22.9. The third kappa shape index (κ3) is 2.72. The molecule has 1 saturated heterocycles. The number of nitrogens with zero attached hydrogens (tertiary/aromatic N) is 1. The predicted molar refractivity (Wildman–Crippen MR) is 64.5 cm³/mol. The molecule has 82 valence electrons. The van der Waals surface area contributed by atoms with E-state index in [4.69, 9.17) is 5.73 Å². The van der Waals surface area contributed by atoms with Gasteiger partial charge in [-0.2, -0.15) is 0 Å². The molecule has 1 atom stereocenters. The Morgan fingerprint density at radius 2 is 2.20 bits per heavy atom. The number of hydrogen-bond acceptors (Lipinski definition) is 2. The van der Waals surface area contributed by atoms with Crippen molar-refractivity contribution in [3.05, 3.63) is 29.8 Å². The van der Waals surface area contributed by atoms with Crippen molar-refractivity contribution in [1.29, 1.82) is 0 Å². The average Bonchev–Trinajstić information content (AvgIpc) is 2.22. The Morgan fingerprint density at radius 1 is 1.40 bits per heavy atom. The summed E-state index contributed by atoms with van der Waals surface area (Å²) < 4.78 is 0. The van der Waals surface area contributed by atoms with Gasteiger partial charge < -0.3 is 5.73 Å². The second kappa shape index (κ2) is 4.67. The molecule has 1 unspecified atom stereocenters. The number of para-hydroxylation sites is 1. The SMILES string of the molecule is CC1CCCN(Cc2ccccc2N)C1. The molecule has 0 spiro atoms. The summed E-state index contributed by atoms with van der Waals surface area (Å²) in [4.78, 5) is 2.51. The molecule has 0 aromatic heterocycles. The molecule has 0 bridgehead atoms. The van der Waals surface area contributed by atoms with Crippen molar-refractivity contribution < 1.29 is 0 Å². The topological polar surface area (TPSA) is 29.3 Å². The summed E-state index contributed by atoms with van der Waals surface area (Å²) in [5.74, 6) is 0.837. The molecular formula is C13H20N2. The Bertz CT molecular complexity index is 322. The van der Waals surface area contributed by atoms with Gasteiger partial charge in [0.25, 0.3) is 0 Å². The first kappa shape index (κ1) is 10.5. The molecule has 1 aromatic carbocycles. The second-order valence-corrected chi connectivity index (χ2v) is 4.68. The smallest absolute Gasteiger partial charge is 0.0359 e. The number of nitrogen functional groups attached to an aromatic ring is 1. The van der Waals surface area contributed by atoms with E-state index in [0.717, 1.165) is 18.2 Å². The van der Waals surface area contributed by atoms with Crippen molar-refractivity contribution in [1.82, 2.24) is 4.90 Å². The zero-order valence-corrected chi connectivity index (χ0v) is 9.45. The molecule has 2 nitrogen and oxygen atoms in total. The number of hydrogen-bond donors (Lipinski definition) is 1. The minimum atomic E-state index is 0.837. The monoisotopic (exact) mass is 204 g/mol. The quantitative estimate of drug-likeness (QED) is 0.750. The van der Waals surface area contributed by atoms with Gasteiger partial charge in [0.2, 0.25) is 0 Å². The summed E-state index contributed by atoms with van der Waals surface area (Å²) in [5, 5.41) is 0. The highest BCUT2D eigenvalue weighted by atomic mass is 15.1. The van der Waals surface area contributed by atoms with Crippen LogP contribution in [-0.2, 0) is 6.54 Å². The van der Waals surface area contributed by atoms with Crippen molar-refractivity contribution in [2.45, 2.75) is 26.3 Å². The third-order valence-electron chi connectivity index (χ3n) is 3.19. The number of likely N-dealkylation sites (tertiary alicyclic amines) is 1. The summed E-state index contributed by atoms with van der Waals surface area (Å²) in [6.07, 6.45) is 2.70. The number of benzene rings is 1. The molecule has 2 rings (SSSR count). The van der Waals surface area contributed by atoms with E-state index in [1.54, 1.807) is 0 Å². The summed E-state index contributed by atoms with van der Waals surface area (Å²) in [6.45, 7) is 5.78. The molecule has 2 heteroatoms. The molecule has 2 N–H and O–H groups in total. The molecule has 1 fully saturated rings. The summed E-state index contributed by atoms with van der Waals surface area (Å²) >= 11 is 0. The molecule has 0 radical (unpaired) electrons. The summed E-state index contributed by atoms with van der Waals surface area (Å²) in [5.41, 5.74) is 8.14. The summed E-state index contributed by atoms with van der Waals surface area (Å²) in [6, 6.07) is 8.19. The maximum absolute atomic E-state index is 5.95. The Labute approximate surface area is 92.1 Å². The Hall–Kier alpha value is -1.02. The first-order valence-corrected chi connectivity index (χ1v) is 5.81. The van der Waals surface area contributed by atoms with Gasteiger partial charge in [-0.25, -0.2) is 0 Å². The van der Waals surface area contributed by atoms with Gasteiger partial charge in [-0.3, -0.25) is 4.90 Å². The van der Waals surface area contributed by atoms with E-state index >= 15 is 0 Å². The van der Waals surface area contributed by atoms with E-state index < -0.39 is 0 Å². The van der Waals surface area contributed by atoms with Crippen LogP contribution < -0.4 is 5.73 Å². The van der Waals surface area contributed by atoms with Crippen molar-refractivity contribution >= 4 is 5.69 Å². The maximum atomic E-state index is 5.95.